The largest absolute Gasteiger partial charge is 0.307 e. The fraction of sp³-hybridized carbons (Fsp3) is 0.167. The summed E-state index contributed by atoms with van der Waals surface area (Å²) >= 11 is 0. The molecule has 0 radical (unpaired) electrons. The Bertz CT molecular complexity index is 451. The van der Waals surface area contributed by atoms with E-state index in [-0.39, 0.29) is 0 Å². The fourth-order valence-corrected chi connectivity index (χ4v) is 2.57. The van der Waals surface area contributed by atoms with Crippen molar-refractivity contribution in [1.29, 1.82) is 0 Å². The van der Waals surface area contributed by atoms with Crippen LogP contribution in [0.4, 0.5) is 0 Å². The normalized spacial score (nSPS) is 16.6. The van der Waals surface area contributed by atoms with Crippen molar-refractivity contribution in [3.63, 3.8) is 0 Å². The molecule has 1 aliphatic rings. The van der Waals surface area contributed by atoms with Crippen LogP contribution in [0.3, 0.4) is 0 Å². The monoisotopic (exact) mass is 234 g/mol. The predicted octanol–water partition coefficient (Wildman–Crippen LogP) is 1.79. The summed E-state index contributed by atoms with van der Waals surface area (Å²) in [5, 5.41) is 0.726. The fourth-order valence-electron chi connectivity index (χ4n) is 1.43. The lowest BCUT2D eigenvalue weighted by molar-refractivity contribution is 0.673. The van der Waals surface area contributed by atoms with Crippen molar-refractivity contribution in [2.45, 2.75) is 12.7 Å². The van der Waals surface area contributed by atoms with Crippen molar-refractivity contribution in [3.8, 4) is 0 Å². The molecule has 2 N–H and O–H groups in total. The molecule has 1 atom stereocenters. The molecule has 16 heavy (non-hydrogen) atoms. The van der Waals surface area contributed by atoms with E-state index in [1.54, 1.807) is 0 Å². The van der Waals surface area contributed by atoms with Crippen molar-refractivity contribution in [3.05, 3.63) is 58.8 Å². The number of nitrogens with one attached hydrogen (secondary N) is 2. The molecule has 2 rings (SSSR count). The zero-order valence-electron chi connectivity index (χ0n) is 9.07. The summed E-state index contributed by atoms with van der Waals surface area (Å²) in [5.74, 6) is 0.536. The molecule has 0 saturated heterocycles. The minimum Gasteiger partial charge on any atom is -0.307 e. The van der Waals surface area contributed by atoms with Gasteiger partial charge >= 0.3 is 0 Å². The average Bonchev–Trinajstić information content (AvgIpc) is 2.30. The van der Waals surface area contributed by atoms with Gasteiger partial charge in [-0.3, -0.25) is 9.63 Å². The van der Waals surface area contributed by atoms with Gasteiger partial charge in [0, 0.05) is 6.20 Å². The molecule has 0 bridgehead atoms. The molecule has 1 heterocycles. The average molecular weight is 234 g/mol. The van der Waals surface area contributed by atoms with Crippen LogP contribution in [0, 0.1) is 0 Å². The maximum Gasteiger partial charge on any atom is 0.119 e. The molecule has 1 unspecified atom stereocenters. The molecule has 0 amide bonds. The first-order chi connectivity index (χ1) is 7.75. The van der Waals surface area contributed by atoms with Crippen molar-refractivity contribution in [1.82, 2.24) is 10.9 Å². The highest BCUT2D eigenvalue weighted by Crippen LogP contribution is 2.11. The van der Waals surface area contributed by atoms with E-state index in [1.165, 1.54) is 0 Å². The summed E-state index contributed by atoms with van der Waals surface area (Å²) in [6, 6.07) is 9.84. The minimum absolute atomic E-state index is 0.536. The summed E-state index contributed by atoms with van der Waals surface area (Å²) in [4.78, 5) is 0. The van der Waals surface area contributed by atoms with Crippen molar-refractivity contribution in [2.24, 2.45) is 0 Å². The summed E-state index contributed by atoms with van der Waals surface area (Å²) in [7, 11) is -1.03. The zero-order chi connectivity index (χ0) is 11.4. The van der Waals surface area contributed by atoms with E-state index in [4.69, 9.17) is 0 Å². The number of hydrazine groups is 1. The quantitative estimate of drug-likeness (QED) is 0.837. The molecule has 0 fully saturated rings. The molecule has 0 spiro atoms. The van der Waals surface area contributed by atoms with Crippen LogP contribution in [0.1, 0.15) is 12.5 Å². The van der Waals surface area contributed by atoms with E-state index >= 15 is 0 Å². The molecule has 1 aliphatic heterocycles. The van der Waals surface area contributed by atoms with E-state index < -0.39 is 10.8 Å². The molecule has 1 aromatic rings. The topological polar surface area (TPSA) is 41.1 Å². The highest BCUT2D eigenvalue weighted by molar-refractivity contribution is 7.88. The number of hydrogen-bond donors (Lipinski definition) is 2. The Morgan fingerprint density at radius 2 is 2.00 bits per heavy atom. The van der Waals surface area contributed by atoms with Crippen LogP contribution in [0.5, 0.6) is 0 Å². The lowest BCUT2D eigenvalue weighted by Gasteiger charge is -2.15. The third kappa shape index (κ3) is 2.73. The smallest absolute Gasteiger partial charge is 0.119 e. The van der Waals surface area contributed by atoms with Gasteiger partial charge in [0.05, 0.1) is 16.6 Å². The van der Waals surface area contributed by atoms with Gasteiger partial charge in [0.25, 0.3) is 0 Å². The Morgan fingerprint density at radius 3 is 2.69 bits per heavy atom. The second-order valence-electron chi connectivity index (χ2n) is 3.64. The van der Waals surface area contributed by atoms with Gasteiger partial charge in [-0.2, -0.15) is 0 Å². The second-order valence-corrected chi connectivity index (χ2v) is 5.06. The number of hydrogen-bond acceptors (Lipinski definition) is 3. The second kappa shape index (κ2) is 4.99. The molecular weight excluding hydrogens is 220 g/mol. The summed E-state index contributed by atoms with van der Waals surface area (Å²) in [5.41, 5.74) is 7.93. The third-order valence-corrected chi connectivity index (χ3v) is 3.55. The van der Waals surface area contributed by atoms with Gasteiger partial charge in [0.15, 0.2) is 0 Å². The molecule has 1 aromatic carbocycles. The van der Waals surface area contributed by atoms with Gasteiger partial charge in [-0.25, -0.2) is 0 Å². The van der Waals surface area contributed by atoms with Gasteiger partial charge in [-0.05, 0) is 24.1 Å². The number of rotatable bonds is 3. The van der Waals surface area contributed by atoms with Gasteiger partial charge in [0.1, 0.15) is 5.03 Å². The van der Waals surface area contributed by atoms with Crippen LogP contribution < -0.4 is 10.9 Å². The Balaban J connectivity index is 2.07. The first-order valence-corrected chi connectivity index (χ1v) is 6.40. The molecule has 0 aromatic heterocycles. The number of benzene rings is 1. The molecule has 0 aliphatic carbocycles. The standard InChI is InChI=1S/C12H14N2OS/c1-10-7-12(14-13-8-10)16(15)9-11-5-3-2-4-6-11/h2-8,13-14H,9H2,1H3. The lowest BCUT2D eigenvalue weighted by atomic mass is 10.2. The number of allylic oxidation sites excluding steroid dienone is 2. The van der Waals surface area contributed by atoms with Crippen LogP contribution in [0.25, 0.3) is 0 Å². The van der Waals surface area contributed by atoms with Gasteiger partial charge < -0.3 is 5.43 Å². The van der Waals surface area contributed by atoms with E-state index in [1.807, 2.05) is 49.5 Å². The Hall–Kier alpha value is -1.55. The van der Waals surface area contributed by atoms with E-state index in [0.717, 1.165) is 16.2 Å². The van der Waals surface area contributed by atoms with Crippen molar-refractivity contribution >= 4 is 10.8 Å². The van der Waals surface area contributed by atoms with Crippen LogP contribution in [-0.2, 0) is 16.6 Å². The SMILES string of the molecule is CC1=CNNC(S(=O)Cc2ccccc2)=C1. The molecular formula is C12H14N2OS. The summed E-state index contributed by atoms with van der Waals surface area (Å²) in [6.07, 6.45) is 3.73. The Kier molecular flexibility index (Phi) is 3.41. The zero-order valence-corrected chi connectivity index (χ0v) is 9.88. The van der Waals surface area contributed by atoms with Crippen LogP contribution >= 0.6 is 0 Å². The van der Waals surface area contributed by atoms with Crippen molar-refractivity contribution < 1.29 is 4.21 Å². The highest BCUT2D eigenvalue weighted by Gasteiger charge is 2.10. The van der Waals surface area contributed by atoms with Crippen LogP contribution in [0.15, 0.2) is 53.2 Å². The highest BCUT2D eigenvalue weighted by atomic mass is 32.2. The maximum atomic E-state index is 12.0. The first-order valence-electron chi connectivity index (χ1n) is 5.08. The van der Waals surface area contributed by atoms with Gasteiger partial charge in [0.2, 0.25) is 0 Å². The summed E-state index contributed by atoms with van der Waals surface area (Å²) < 4.78 is 12.0. The lowest BCUT2D eigenvalue weighted by Crippen LogP contribution is -2.31. The van der Waals surface area contributed by atoms with Crippen LogP contribution in [0.2, 0.25) is 0 Å². The maximum absolute atomic E-state index is 12.0. The van der Waals surface area contributed by atoms with Gasteiger partial charge in [-0.15, -0.1) is 0 Å². The first kappa shape index (κ1) is 11.0. The Morgan fingerprint density at radius 1 is 1.25 bits per heavy atom. The van der Waals surface area contributed by atoms with E-state index in [9.17, 15) is 4.21 Å². The van der Waals surface area contributed by atoms with Crippen LogP contribution in [-0.4, -0.2) is 4.21 Å². The Labute approximate surface area is 97.7 Å². The molecule has 84 valence electrons. The van der Waals surface area contributed by atoms with E-state index in [2.05, 4.69) is 10.9 Å². The molecule has 0 saturated carbocycles. The predicted molar refractivity (Wildman–Crippen MR) is 66.4 cm³/mol. The van der Waals surface area contributed by atoms with Gasteiger partial charge in [-0.1, -0.05) is 30.3 Å². The van der Waals surface area contributed by atoms with Crippen molar-refractivity contribution in [2.75, 3.05) is 0 Å². The molecule has 4 heteroatoms. The minimum atomic E-state index is -1.03. The third-order valence-electron chi connectivity index (χ3n) is 2.24. The molecule has 3 nitrogen and oxygen atoms in total. The van der Waals surface area contributed by atoms with E-state index in [0.29, 0.717) is 5.75 Å². The summed E-state index contributed by atoms with van der Waals surface area (Å²) in [6.45, 7) is 1.97.